The minimum absolute atomic E-state index is 0.0711. The van der Waals surface area contributed by atoms with Crippen LogP contribution in [0.4, 0.5) is 4.39 Å². The van der Waals surface area contributed by atoms with E-state index in [1.165, 1.54) is 6.07 Å². The number of halogens is 1. The molecule has 0 aromatic heterocycles. The van der Waals surface area contributed by atoms with E-state index < -0.39 is 0 Å². The lowest BCUT2D eigenvalue weighted by molar-refractivity contribution is -0.0561. The van der Waals surface area contributed by atoms with E-state index in [-0.39, 0.29) is 18.0 Å². The fraction of sp³-hybridized carbons (Fsp3) is 0.600. The van der Waals surface area contributed by atoms with Crippen LogP contribution in [-0.2, 0) is 4.74 Å². The Morgan fingerprint density at radius 2 is 2.20 bits per heavy atom. The molecular formula is C15H24FN3O. The maximum absolute atomic E-state index is 13.7. The maximum Gasteiger partial charge on any atom is 0.126 e. The van der Waals surface area contributed by atoms with Gasteiger partial charge in [-0.1, -0.05) is 12.1 Å². The smallest absolute Gasteiger partial charge is 0.126 e. The van der Waals surface area contributed by atoms with Gasteiger partial charge in [-0.15, -0.1) is 0 Å². The Labute approximate surface area is 120 Å². The molecule has 1 aliphatic rings. The minimum atomic E-state index is -0.209. The second-order valence-electron chi connectivity index (χ2n) is 5.65. The molecule has 112 valence electrons. The second-order valence-corrected chi connectivity index (χ2v) is 5.65. The van der Waals surface area contributed by atoms with Crippen LogP contribution in [0.5, 0.6) is 0 Å². The maximum atomic E-state index is 13.7. The van der Waals surface area contributed by atoms with Gasteiger partial charge in [0, 0.05) is 19.1 Å². The van der Waals surface area contributed by atoms with Crippen molar-refractivity contribution in [3.05, 3.63) is 35.1 Å². The highest BCUT2D eigenvalue weighted by atomic mass is 19.1. The molecule has 1 aromatic carbocycles. The third-order valence-electron chi connectivity index (χ3n) is 3.96. The zero-order chi connectivity index (χ0) is 14.7. The van der Waals surface area contributed by atoms with Gasteiger partial charge in [0.1, 0.15) is 5.82 Å². The topological polar surface area (TPSA) is 50.5 Å². The summed E-state index contributed by atoms with van der Waals surface area (Å²) in [4.78, 5) is 2.35. The van der Waals surface area contributed by atoms with E-state index in [9.17, 15) is 4.39 Å². The number of rotatable bonds is 4. The molecule has 0 bridgehead atoms. The van der Waals surface area contributed by atoms with Gasteiger partial charge in [-0.2, -0.15) is 0 Å². The lowest BCUT2D eigenvalue weighted by Crippen LogP contribution is -2.51. The summed E-state index contributed by atoms with van der Waals surface area (Å²) in [7, 11) is 0. The largest absolute Gasteiger partial charge is 0.374 e. The first-order valence-corrected chi connectivity index (χ1v) is 7.10. The Balaban J connectivity index is 2.16. The first-order chi connectivity index (χ1) is 9.52. The summed E-state index contributed by atoms with van der Waals surface area (Å²) >= 11 is 0. The van der Waals surface area contributed by atoms with E-state index in [2.05, 4.69) is 24.2 Å². The third kappa shape index (κ3) is 3.35. The van der Waals surface area contributed by atoms with Crippen LogP contribution in [0.3, 0.4) is 0 Å². The number of hydrazine groups is 1. The molecule has 0 radical (unpaired) electrons. The molecule has 1 aromatic rings. The lowest BCUT2D eigenvalue weighted by Gasteiger charge is -2.38. The van der Waals surface area contributed by atoms with Crippen LogP contribution in [0.2, 0.25) is 0 Å². The molecule has 1 heterocycles. The number of nitrogens with one attached hydrogen (secondary N) is 1. The van der Waals surface area contributed by atoms with E-state index in [1.54, 1.807) is 13.0 Å². The monoisotopic (exact) mass is 281 g/mol. The normalized spacial score (nSPS) is 22.2. The van der Waals surface area contributed by atoms with Crippen molar-refractivity contribution in [3.8, 4) is 0 Å². The average molecular weight is 281 g/mol. The first kappa shape index (κ1) is 15.4. The molecular weight excluding hydrogens is 257 g/mol. The van der Waals surface area contributed by atoms with Crippen LogP contribution >= 0.6 is 0 Å². The van der Waals surface area contributed by atoms with Crippen LogP contribution < -0.4 is 11.3 Å². The number of ether oxygens (including phenoxy) is 1. The molecule has 5 heteroatoms. The van der Waals surface area contributed by atoms with Crippen LogP contribution in [-0.4, -0.2) is 36.7 Å². The Kier molecular flexibility index (Phi) is 5.10. The van der Waals surface area contributed by atoms with E-state index in [0.29, 0.717) is 18.2 Å². The van der Waals surface area contributed by atoms with E-state index >= 15 is 0 Å². The van der Waals surface area contributed by atoms with Gasteiger partial charge in [-0.3, -0.25) is 16.2 Å². The molecule has 1 fully saturated rings. The lowest BCUT2D eigenvalue weighted by atomic mass is 9.99. The van der Waals surface area contributed by atoms with Gasteiger partial charge >= 0.3 is 0 Å². The molecule has 0 aliphatic carbocycles. The van der Waals surface area contributed by atoms with Crippen molar-refractivity contribution >= 4 is 0 Å². The summed E-state index contributed by atoms with van der Waals surface area (Å²) in [6, 6.07) is 5.48. The number of nitrogens with zero attached hydrogens (tertiary/aromatic N) is 1. The number of hydrogen-bond acceptors (Lipinski definition) is 4. The standard InChI is InChI=1S/C15H24FN3O/c1-10(2)19-6-7-20-14(9-19)15(18-17)12-5-4-11(3)13(16)8-12/h4-5,8,10,14-15,18H,6-7,9,17H2,1-3H3. The summed E-state index contributed by atoms with van der Waals surface area (Å²) in [5.41, 5.74) is 4.24. The fourth-order valence-electron chi connectivity index (χ4n) is 2.59. The summed E-state index contributed by atoms with van der Waals surface area (Å²) in [5.74, 6) is 5.47. The van der Waals surface area contributed by atoms with Gasteiger partial charge < -0.3 is 4.74 Å². The van der Waals surface area contributed by atoms with Gasteiger partial charge in [-0.05, 0) is 38.0 Å². The van der Waals surface area contributed by atoms with Crippen LogP contribution in [0.1, 0.15) is 31.0 Å². The highest BCUT2D eigenvalue weighted by Crippen LogP contribution is 2.24. The molecule has 20 heavy (non-hydrogen) atoms. The Morgan fingerprint density at radius 3 is 2.80 bits per heavy atom. The van der Waals surface area contributed by atoms with Crippen molar-refractivity contribution in [1.29, 1.82) is 0 Å². The summed E-state index contributed by atoms with van der Waals surface area (Å²) in [6.45, 7) is 8.48. The van der Waals surface area contributed by atoms with Gasteiger partial charge in [0.15, 0.2) is 0 Å². The van der Waals surface area contributed by atoms with Crippen molar-refractivity contribution in [1.82, 2.24) is 10.3 Å². The zero-order valence-corrected chi connectivity index (χ0v) is 12.4. The van der Waals surface area contributed by atoms with Crippen LogP contribution in [0.15, 0.2) is 18.2 Å². The molecule has 4 nitrogen and oxygen atoms in total. The van der Waals surface area contributed by atoms with Crippen molar-refractivity contribution in [3.63, 3.8) is 0 Å². The molecule has 0 saturated carbocycles. The van der Waals surface area contributed by atoms with E-state index in [4.69, 9.17) is 10.6 Å². The number of nitrogens with two attached hydrogens (primary N) is 1. The van der Waals surface area contributed by atoms with E-state index in [0.717, 1.165) is 18.7 Å². The number of hydrogen-bond donors (Lipinski definition) is 2. The summed E-state index contributed by atoms with van der Waals surface area (Å²) in [5, 5.41) is 0. The predicted molar refractivity (Wildman–Crippen MR) is 77.7 cm³/mol. The molecule has 2 atom stereocenters. The third-order valence-corrected chi connectivity index (χ3v) is 3.96. The van der Waals surface area contributed by atoms with Crippen molar-refractivity contribution in [2.45, 2.75) is 39.0 Å². The SMILES string of the molecule is Cc1ccc(C(NN)C2CN(C(C)C)CCO2)cc1F. The molecule has 2 unspecified atom stereocenters. The van der Waals surface area contributed by atoms with Gasteiger partial charge in [0.25, 0.3) is 0 Å². The molecule has 1 aliphatic heterocycles. The molecule has 3 N–H and O–H groups in total. The summed E-state index contributed by atoms with van der Waals surface area (Å²) in [6.07, 6.45) is -0.0711. The minimum Gasteiger partial charge on any atom is -0.374 e. The second kappa shape index (κ2) is 6.63. The van der Waals surface area contributed by atoms with Crippen molar-refractivity contribution in [2.75, 3.05) is 19.7 Å². The van der Waals surface area contributed by atoms with Gasteiger partial charge in [0.05, 0.1) is 18.8 Å². The molecule has 0 spiro atoms. The highest BCUT2D eigenvalue weighted by Gasteiger charge is 2.29. The zero-order valence-electron chi connectivity index (χ0n) is 12.4. The van der Waals surface area contributed by atoms with E-state index in [1.807, 2.05) is 6.07 Å². The predicted octanol–water partition coefficient (Wildman–Crippen LogP) is 1.75. The average Bonchev–Trinajstić information content (AvgIpc) is 2.44. The van der Waals surface area contributed by atoms with Crippen LogP contribution in [0.25, 0.3) is 0 Å². The number of morpholine rings is 1. The van der Waals surface area contributed by atoms with Gasteiger partial charge in [-0.25, -0.2) is 4.39 Å². The summed E-state index contributed by atoms with van der Waals surface area (Å²) < 4.78 is 19.6. The van der Waals surface area contributed by atoms with Gasteiger partial charge in [0.2, 0.25) is 0 Å². The Hall–Kier alpha value is -1.01. The molecule has 0 amide bonds. The Morgan fingerprint density at radius 1 is 1.45 bits per heavy atom. The van der Waals surface area contributed by atoms with Crippen molar-refractivity contribution in [2.24, 2.45) is 5.84 Å². The Bertz CT molecular complexity index is 453. The molecule has 1 saturated heterocycles. The highest BCUT2D eigenvalue weighted by molar-refractivity contribution is 5.26. The first-order valence-electron chi connectivity index (χ1n) is 7.10. The number of aryl methyl sites for hydroxylation is 1. The van der Waals surface area contributed by atoms with Crippen LogP contribution in [0, 0.1) is 12.7 Å². The number of benzene rings is 1. The quantitative estimate of drug-likeness (QED) is 0.652. The molecule has 2 rings (SSSR count). The van der Waals surface area contributed by atoms with Crippen molar-refractivity contribution < 1.29 is 9.13 Å². The fourth-order valence-corrected chi connectivity index (χ4v) is 2.59.